The van der Waals surface area contributed by atoms with Gasteiger partial charge in [-0.05, 0) is 6.07 Å². The number of esters is 2. The van der Waals surface area contributed by atoms with Gasteiger partial charge in [0.05, 0.1) is 11.1 Å². The van der Waals surface area contributed by atoms with E-state index in [1.165, 1.54) is 12.1 Å². The van der Waals surface area contributed by atoms with Crippen LogP contribution < -0.4 is 5.23 Å². The Bertz CT molecular complexity index is 426. The summed E-state index contributed by atoms with van der Waals surface area (Å²) in [7, 11) is 0. The van der Waals surface area contributed by atoms with E-state index in [0.29, 0.717) is 0 Å². The molecule has 14 heavy (non-hydrogen) atoms. The topological polar surface area (TPSA) is 91.1 Å². The van der Waals surface area contributed by atoms with Gasteiger partial charge in [0.2, 0.25) is 0 Å². The maximum absolute atomic E-state index is 11.0. The Morgan fingerprint density at radius 3 is 2.50 bits per heavy atom. The van der Waals surface area contributed by atoms with Crippen molar-refractivity contribution in [3.05, 3.63) is 34.5 Å². The van der Waals surface area contributed by atoms with Gasteiger partial charge in [0.1, 0.15) is 0 Å². The van der Waals surface area contributed by atoms with Gasteiger partial charge in [0, 0.05) is 12.1 Å². The largest absolute Gasteiger partial charge is 0.595 e. The molecule has 1 aliphatic rings. The van der Waals surface area contributed by atoms with Crippen molar-refractivity contribution >= 4 is 17.6 Å². The molecule has 6 heteroatoms. The molecule has 0 saturated heterocycles. The van der Waals surface area contributed by atoms with Crippen LogP contribution in [0, 0.1) is 5.21 Å². The minimum Gasteiger partial charge on any atom is -0.595 e. The molecule has 1 aromatic carbocycles. The second kappa shape index (κ2) is 2.88. The van der Waals surface area contributed by atoms with Gasteiger partial charge in [-0.15, -0.1) is 0 Å². The van der Waals surface area contributed by atoms with Gasteiger partial charge in [0.15, 0.2) is 5.69 Å². The predicted octanol–water partition coefficient (Wildman–Crippen LogP) is -0.599. The lowest BCUT2D eigenvalue weighted by Crippen LogP contribution is -2.99. The molecule has 1 heterocycles. The highest BCUT2D eigenvalue weighted by molar-refractivity contribution is 6.14. The molecular weight excluding hydrogens is 190 g/mol. The molecule has 6 nitrogen and oxygen atoms in total. The summed E-state index contributed by atoms with van der Waals surface area (Å²) >= 11 is 0. The van der Waals surface area contributed by atoms with E-state index in [4.69, 9.17) is 5.21 Å². The molecule has 0 spiro atoms. The molecule has 0 amide bonds. The van der Waals surface area contributed by atoms with E-state index in [-0.39, 0.29) is 16.8 Å². The molecule has 0 fully saturated rings. The lowest BCUT2D eigenvalue weighted by atomic mass is 10.1. The third-order valence-electron chi connectivity index (χ3n) is 1.89. The van der Waals surface area contributed by atoms with Crippen molar-refractivity contribution in [1.82, 2.24) is 0 Å². The number of ether oxygens (including phenoxy) is 1. The van der Waals surface area contributed by atoms with Crippen LogP contribution in [0.25, 0.3) is 0 Å². The highest BCUT2D eigenvalue weighted by atomic mass is 16.8. The molecule has 0 radical (unpaired) electrons. The fourth-order valence-corrected chi connectivity index (χ4v) is 1.22. The molecular formula is C8H5NO5. The van der Waals surface area contributed by atoms with Crippen LogP contribution in [0.2, 0.25) is 0 Å². The average Bonchev–Trinajstić information content (AvgIpc) is 2.42. The molecule has 0 aliphatic carbocycles. The van der Waals surface area contributed by atoms with E-state index in [9.17, 15) is 14.8 Å². The van der Waals surface area contributed by atoms with Crippen LogP contribution in [-0.4, -0.2) is 17.1 Å². The second-order valence-electron chi connectivity index (χ2n) is 2.74. The van der Waals surface area contributed by atoms with Gasteiger partial charge in [-0.3, -0.25) is 0 Å². The van der Waals surface area contributed by atoms with Crippen molar-refractivity contribution in [3.63, 3.8) is 0 Å². The normalized spacial score (nSPS) is 16.4. The molecule has 1 aliphatic heterocycles. The second-order valence-corrected chi connectivity index (χ2v) is 2.74. The zero-order valence-corrected chi connectivity index (χ0v) is 6.81. The fourth-order valence-electron chi connectivity index (χ4n) is 1.22. The van der Waals surface area contributed by atoms with E-state index in [1.807, 2.05) is 0 Å². The summed E-state index contributed by atoms with van der Waals surface area (Å²) in [6.45, 7) is 0. The number of benzene rings is 1. The summed E-state index contributed by atoms with van der Waals surface area (Å²) < 4.78 is 4.30. The molecule has 0 bridgehead atoms. The van der Waals surface area contributed by atoms with E-state index in [2.05, 4.69) is 4.74 Å². The maximum Gasteiger partial charge on any atom is 0.347 e. The van der Waals surface area contributed by atoms with Crippen LogP contribution in [0.3, 0.4) is 0 Å². The number of hydrogen-bond donors (Lipinski definition) is 2. The lowest BCUT2D eigenvalue weighted by molar-refractivity contribution is -0.991. The standard InChI is InChI=1S/C8H5NO5/c10-7-5-2-1-4(9(12)13)3-6(5)8(11)14-7/h1-3,9,12H. The lowest BCUT2D eigenvalue weighted by Gasteiger charge is -2.10. The minimum absolute atomic E-state index is 0.00917. The van der Waals surface area contributed by atoms with E-state index in [1.54, 1.807) is 0 Å². The van der Waals surface area contributed by atoms with Crippen molar-refractivity contribution in [3.8, 4) is 0 Å². The monoisotopic (exact) mass is 195 g/mol. The highest BCUT2D eigenvalue weighted by Gasteiger charge is 2.30. The van der Waals surface area contributed by atoms with E-state index in [0.717, 1.165) is 6.07 Å². The number of carbonyl (C=O) groups excluding carboxylic acids is 2. The number of hydrogen-bond acceptors (Lipinski definition) is 5. The molecule has 1 atom stereocenters. The summed E-state index contributed by atoms with van der Waals surface area (Å²) in [4.78, 5) is 22.0. The zero-order chi connectivity index (χ0) is 10.3. The summed E-state index contributed by atoms with van der Waals surface area (Å²) in [5.74, 6) is -1.53. The Labute approximate surface area is 77.8 Å². The van der Waals surface area contributed by atoms with E-state index < -0.39 is 17.2 Å². The first-order valence-corrected chi connectivity index (χ1v) is 3.73. The Balaban J connectivity index is 2.55. The first-order valence-electron chi connectivity index (χ1n) is 3.73. The van der Waals surface area contributed by atoms with Gasteiger partial charge in [0.25, 0.3) is 0 Å². The van der Waals surface area contributed by atoms with Crippen LogP contribution in [-0.2, 0) is 4.74 Å². The molecule has 2 rings (SSSR count). The predicted molar refractivity (Wildman–Crippen MR) is 42.0 cm³/mol. The van der Waals surface area contributed by atoms with Crippen LogP contribution in [0.5, 0.6) is 0 Å². The maximum atomic E-state index is 11.0. The van der Waals surface area contributed by atoms with Gasteiger partial charge in [-0.1, -0.05) is 0 Å². The Kier molecular flexibility index (Phi) is 1.81. The number of nitrogens with one attached hydrogen (secondary N) is 1. The highest BCUT2D eigenvalue weighted by Crippen LogP contribution is 2.21. The van der Waals surface area contributed by atoms with Gasteiger partial charge < -0.3 is 9.94 Å². The minimum atomic E-state index is -1.15. The van der Waals surface area contributed by atoms with Gasteiger partial charge in [-0.2, -0.15) is 5.23 Å². The summed E-state index contributed by atoms with van der Waals surface area (Å²) in [6.07, 6.45) is 0. The quantitative estimate of drug-likeness (QED) is 0.354. The number of fused-ring (bicyclic) bond motifs is 1. The van der Waals surface area contributed by atoms with Crippen LogP contribution >= 0.6 is 0 Å². The molecule has 0 saturated carbocycles. The van der Waals surface area contributed by atoms with Crippen molar-refractivity contribution in [2.75, 3.05) is 0 Å². The number of rotatable bonds is 1. The number of carbonyl (C=O) groups is 2. The Hall–Kier alpha value is -1.76. The first kappa shape index (κ1) is 8.82. The smallest absolute Gasteiger partial charge is 0.347 e. The molecule has 72 valence electrons. The number of quaternary nitrogens is 1. The van der Waals surface area contributed by atoms with E-state index >= 15 is 0 Å². The number of cyclic esters (lactones) is 2. The molecule has 1 unspecified atom stereocenters. The first-order chi connectivity index (χ1) is 6.59. The van der Waals surface area contributed by atoms with Crippen LogP contribution in [0.15, 0.2) is 18.2 Å². The van der Waals surface area contributed by atoms with Crippen molar-refractivity contribution in [1.29, 1.82) is 0 Å². The Morgan fingerprint density at radius 2 is 1.86 bits per heavy atom. The molecule has 0 aromatic heterocycles. The van der Waals surface area contributed by atoms with Crippen LogP contribution in [0.1, 0.15) is 20.7 Å². The van der Waals surface area contributed by atoms with Crippen molar-refractivity contribution in [2.45, 2.75) is 0 Å². The summed E-state index contributed by atoms with van der Waals surface area (Å²) in [5, 5.41) is 18.0. The fraction of sp³-hybridized carbons (Fsp3) is 0. The van der Waals surface area contributed by atoms with Gasteiger partial charge >= 0.3 is 11.9 Å². The molecule has 1 aromatic rings. The molecule has 2 N–H and O–H groups in total. The SMILES string of the molecule is O=C1OC(=O)c2cc([NH+]([O-])O)ccc21. The summed E-state index contributed by atoms with van der Waals surface area (Å²) in [5.41, 5.74) is 0.0744. The zero-order valence-electron chi connectivity index (χ0n) is 6.81. The van der Waals surface area contributed by atoms with Gasteiger partial charge in [-0.25, -0.2) is 14.8 Å². The third-order valence-corrected chi connectivity index (χ3v) is 1.89. The van der Waals surface area contributed by atoms with Crippen LogP contribution in [0.4, 0.5) is 5.69 Å². The summed E-state index contributed by atoms with van der Waals surface area (Å²) in [6, 6.07) is 3.65. The van der Waals surface area contributed by atoms with Crippen molar-refractivity contribution < 1.29 is 24.8 Å². The Morgan fingerprint density at radius 1 is 1.21 bits per heavy atom. The third kappa shape index (κ3) is 1.18. The average molecular weight is 195 g/mol. The van der Waals surface area contributed by atoms with Crippen molar-refractivity contribution in [2.24, 2.45) is 0 Å².